The minimum atomic E-state index is 0.199. The zero-order chi connectivity index (χ0) is 12.7. The van der Waals surface area contributed by atoms with Crippen molar-refractivity contribution in [3.63, 3.8) is 0 Å². The average molecular weight is 236 g/mol. The summed E-state index contributed by atoms with van der Waals surface area (Å²) in [6.45, 7) is 9.12. The second-order valence-corrected chi connectivity index (χ2v) is 4.51. The van der Waals surface area contributed by atoms with Crippen molar-refractivity contribution >= 4 is 5.69 Å². The highest BCUT2D eigenvalue weighted by molar-refractivity contribution is 5.47. The molecule has 0 atom stereocenters. The van der Waals surface area contributed by atoms with Crippen LogP contribution in [0.4, 0.5) is 5.69 Å². The van der Waals surface area contributed by atoms with Gasteiger partial charge in [-0.3, -0.25) is 0 Å². The summed E-state index contributed by atoms with van der Waals surface area (Å²) >= 11 is 0. The maximum Gasteiger partial charge on any atom is 0.0606 e. The molecule has 3 nitrogen and oxygen atoms in total. The van der Waals surface area contributed by atoms with E-state index in [9.17, 15) is 0 Å². The van der Waals surface area contributed by atoms with E-state index >= 15 is 0 Å². The summed E-state index contributed by atoms with van der Waals surface area (Å²) in [6.07, 6.45) is 0. The number of aliphatic hydroxyl groups excluding tert-OH is 1. The highest BCUT2D eigenvalue weighted by atomic mass is 16.3. The van der Waals surface area contributed by atoms with E-state index in [0.29, 0.717) is 12.6 Å². The molecule has 0 fully saturated rings. The van der Waals surface area contributed by atoms with Gasteiger partial charge in [-0.1, -0.05) is 26.0 Å². The van der Waals surface area contributed by atoms with E-state index in [-0.39, 0.29) is 6.61 Å². The summed E-state index contributed by atoms with van der Waals surface area (Å²) in [4.78, 5) is 2.17. The van der Waals surface area contributed by atoms with Crippen LogP contribution in [0.1, 0.15) is 26.3 Å². The molecule has 0 amide bonds. The van der Waals surface area contributed by atoms with E-state index in [1.165, 1.54) is 11.3 Å². The summed E-state index contributed by atoms with van der Waals surface area (Å²) in [5, 5.41) is 12.4. The number of nitrogens with one attached hydrogen (secondary N) is 1. The van der Waals surface area contributed by atoms with Gasteiger partial charge in [0.2, 0.25) is 0 Å². The Hall–Kier alpha value is -1.06. The van der Waals surface area contributed by atoms with Crippen LogP contribution in [0.25, 0.3) is 0 Å². The second kappa shape index (κ2) is 7.30. The predicted octanol–water partition coefficient (Wildman–Crippen LogP) is 2.00. The molecule has 2 N–H and O–H groups in total. The average Bonchev–Trinajstić information content (AvgIpc) is 2.34. The summed E-state index contributed by atoms with van der Waals surface area (Å²) in [7, 11) is 0. The minimum absolute atomic E-state index is 0.199. The molecule has 1 aromatic rings. The van der Waals surface area contributed by atoms with Crippen molar-refractivity contribution in [2.45, 2.75) is 33.4 Å². The quantitative estimate of drug-likeness (QED) is 0.760. The molecule has 0 aliphatic heterocycles. The van der Waals surface area contributed by atoms with Crippen molar-refractivity contribution in [2.75, 3.05) is 24.6 Å². The van der Waals surface area contributed by atoms with Gasteiger partial charge in [0, 0.05) is 31.4 Å². The van der Waals surface area contributed by atoms with E-state index in [4.69, 9.17) is 5.11 Å². The van der Waals surface area contributed by atoms with Gasteiger partial charge in [-0.05, 0) is 24.6 Å². The van der Waals surface area contributed by atoms with Gasteiger partial charge in [0.1, 0.15) is 0 Å². The first kappa shape index (κ1) is 14.0. The number of rotatable bonds is 7. The number of aliphatic hydroxyl groups is 1. The molecule has 0 unspecified atom stereocenters. The first-order chi connectivity index (χ1) is 8.17. The number of benzene rings is 1. The molecule has 96 valence electrons. The molecule has 0 saturated heterocycles. The lowest BCUT2D eigenvalue weighted by Gasteiger charge is -2.22. The maximum absolute atomic E-state index is 8.98. The highest BCUT2D eigenvalue weighted by Crippen LogP contribution is 2.14. The number of nitrogens with zero attached hydrogens (tertiary/aromatic N) is 1. The summed E-state index contributed by atoms with van der Waals surface area (Å²) < 4.78 is 0. The Balaban J connectivity index is 2.59. The smallest absolute Gasteiger partial charge is 0.0606 e. The lowest BCUT2D eigenvalue weighted by atomic mass is 10.2. The van der Waals surface area contributed by atoms with Gasteiger partial charge >= 0.3 is 0 Å². The Kier molecular flexibility index (Phi) is 6.01. The van der Waals surface area contributed by atoms with Crippen molar-refractivity contribution in [2.24, 2.45) is 0 Å². The lowest BCUT2D eigenvalue weighted by Crippen LogP contribution is -2.26. The number of anilines is 1. The highest BCUT2D eigenvalue weighted by Gasteiger charge is 2.03. The molecule has 3 heteroatoms. The van der Waals surface area contributed by atoms with Gasteiger partial charge in [-0.15, -0.1) is 0 Å². The van der Waals surface area contributed by atoms with E-state index in [2.05, 4.69) is 55.3 Å². The molecule has 17 heavy (non-hydrogen) atoms. The Morgan fingerprint density at radius 2 is 1.88 bits per heavy atom. The molecule has 0 aliphatic rings. The van der Waals surface area contributed by atoms with Gasteiger partial charge in [0.05, 0.1) is 6.61 Å². The molecule has 1 aromatic carbocycles. The fourth-order valence-corrected chi connectivity index (χ4v) is 1.74. The van der Waals surface area contributed by atoms with Crippen LogP contribution in [0.2, 0.25) is 0 Å². The lowest BCUT2D eigenvalue weighted by molar-refractivity contribution is 0.302. The Morgan fingerprint density at radius 1 is 1.24 bits per heavy atom. The normalized spacial score (nSPS) is 10.9. The number of likely N-dealkylation sites (N-methyl/N-ethyl adjacent to an activating group) is 1. The molecule has 0 bridgehead atoms. The van der Waals surface area contributed by atoms with E-state index in [0.717, 1.165) is 13.1 Å². The minimum Gasteiger partial charge on any atom is -0.395 e. The summed E-state index contributed by atoms with van der Waals surface area (Å²) in [5.74, 6) is 0. The van der Waals surface area contributed by atoms with Crippen LogP contribution in [0.5, 0.6) is 0 Å². The summed E-state index contributed by atoms with van der Waals surface area (Å²) in [6, 6.07) is 9.04. The van der Waals surface area contributed by atoms with Crippen LogP contribution in [-0.2, 0) is 6.54 Å². The third kappa shape index (κ3) is 4.75. The van der Waals surface area contributed by atoms with Crippen LogP contribution in [0.3, 0.4) is 0 Å². The standard InChI is InChI=1S/C14H24N2O/c1-4-16(9-10-17)14-7-5-13(6-8-14)11-15-12(2)3/h5-8,12,15,17H,4,9-11H2,1-3H3. The fraction of sp³-hybridized carbons (Fsp3) is 0.571. The van der Waals surface area contributed by atoms with Crippen LogP contribution in [-0.4, -0.2) is 30.8 Å². The van der Waals surface area contributed by atoms with Crippen molar-refractivity contribution in [1.82, 2.24) is 5.32 Å². The molecule has 0 heterocycles. The fourth-order valence-electron chi connectivity index (χ4n) is 1.74. The SMILES string of the molecule is CCN(CCO)c1ccc(CNC(C)C)cc1. The maximum atomic E-state index is 8.98. The molecular weight excluding hydrogens is 212 g/mol. The van der Waals surface area contributed by atoms with Crippen molar-refractivity contribution < 1.29 is 5.11 Å². The zero-order valence-corrected chi connectivity index (χ0v) is 11.1. The zero-order valence-electron chi connectivity index (χ0n) is 11.1. The first-order valence-electron chi connectivity index (χ1n) is 6.35. The van der Waals surface area contributed by atoms with Crippen LogP contribution in [0, 0.1) is 0 Å². The third-order valence-corrected chi connectivity index (χ3v) is 2.77. The number of hydrogen-bond donors (Lipinski definition) is 2. The largest absolute Gasteiger partial charge is 0.395 e. The van der Waals surface area contributed by atoms with Gasteiger partial charge in [0.25, 0.3) is 0 Å². The van der Waals surface area contributed by atoms with E-state index in [1.807, 2.05) is 0 Å². The summed E-state index contributed by atoms with van der Waals surface area (Å²) in [5.41, 5.74) is 2.47. The molecule has 0 aromatic heterocycles. The Labute approximate surface area is 104 Å². The molecular formula is C14H24N2O. The number of hydrogen-bond acceptors (Lipinski definition) is 3. The van der Waals surface area contributed by atoms with E-state index in [1.54, 1.807) is 0 Å². The molecule has 0 radical (unpaired) electrons. The monoisotopic (exact) mass is 236 g/mol. The first-order valence-corrected chi connectivity index (χ1v) is 6.35. The molecule has 0 saturated carbocycles. The van der Waals surface area contributed by atoms with Gasteiger partial charge in [-0.2, -0.15) is 0 Å². The Morgan fingerprint density at radius 3 is 2.35 bits per heavy atom. The molecule has 1 rings (SSSR count). The second-order valence-electron chi connectivity index (χ2n) is 4.51. The van der Waals surface area contributed by atoms with E-state index < -0.39 is 0 Å². The Bertz CT molecular complexity index is 309. The van der Waals surface area contributed by atoms with Crippen LogP contribution < -0.4 is 10.2 Å². The van der Waals surface area contributed by atoms with Crippen LogP contribution in [0.15, 0.2) is 24.3 Å². The predicted molar refractivity (Wildman–Crippen MR) is 73.4 cm³/mol. The topological polar surface area (TPSA) is 35.5 Å². The van der Waals surface area contributed by atoms with Crippen molar-refractivity contribution in [3.8, 4) is 0 Å². The van der Waals surface area contributed by atoms with Crippen LogP contribution >= 0.6 is 0 Å². The van der Waals surface area contributed by atoms with Gasteiger partial charge in [-0.25, -0.2) is 0 Å². The third-order valence-electron chi connectivity index (χ3n) is 2.77. The van der Waals surface area contributed by atoms with Gasteiger partial charge in [0.15, 0.2) is 0 Å². The molecule has 0 spiro atoms. The van der Waals surface area contributed by atoms with Crippen molar-refractivity contribution in [1.29, 1.82) is 0 Å². The molecule has 0 aliphatic carbocycles. The van der Waals surface area contributed by atoms with Crippen molar-refractivity contribution in [3.05, 3.63) is 29.8 Å². The van der Waals surface area contributed by atoms with Gasteiger partial charge < -0.3 is 15.3 Å².